The van der Waals surface area contributed by atoms with E-state index in [0.29, 0.717) is 11.5 Å². The molecule has 0 bridgehead atoms. The molecule has 2 atom stereocenters. The number of hydrogen-bond acceptors (Lipinski definition) is 2. The lowest BCUT2D eigenvalue weighted by atomic mass is 9.75. The molecule has 0 spiro atoms. The van der Waals surface area contributed by atoms with Gasteiger partial charge in [0.1, 0.15) is 0 Å². The molecular formula is C18H26N2O. The quantitative estimate of drug-likeness (QED) is 0.878. The van der Waals surface area contributed by atoms with E-state index in [1.807, 2.05) is 0 Å². The first-order valence-electron chi connectivity index (χ1n) is 8.14. The molecule has 3 rings (SSSR count). The lowest BCUT2D eigenvalue weighted by Gasteiger charge is -2.36. The van der Waals surface area contributed by atoms with E-state index in [1.54, 1.807) is 0 Å². The Kier molecular flexibility index (Phi) is 4.03. The van der Waals surface area contributed by atoms with E-state index in [4.69, 9.17) is 0 Å². The second-order valence-corrected chi connectivity index (χ2v) is 7.37. The molecule has 3 heteroatoms. The molecule has 1 aromatic carbocycles. The Morgan fingerprint density at radius 2 is 2.05 bits per heavy atom. The van der Waals surface area contributed by atoms with Gasteiger partial charge < -0.3 is 10.6 Å². The van der Waals surface area contributed by atoms with Gasteiger partial charge in [0.05, 0.1) is 6.04 Å². The largest absolute Gasteiger partial charge is 0.352 e. The van der Waals surface area contributed by atoms with E-state index in [-0.39, 0.29) is 11.9 Å². The second kappa shape index (κ2) is 5.80. The van der Waals surface area contributed by atoms with Crippen molar-refractivity contribution in [2.24, 2.45) is 5.41 Å². The molecule has 1 saturated carbocycles. The van der Waals surface area contributed by atoms with Gasteiger partial charge in [-0.1, -0.05) is 44.5 Å². The van der Waals surface area contributed by atoms with Crippen molar-refractivity contribution < 1.29 is 4.79 Å². The van der Waals surface area contributed by atoms with E-state index < -0.39 is 0 Å². The highest BCUT2D eigenvalue weighted by molar-refractivity contribution is 5.82. The van der Waals surface area contributed by atoms with Crippen LogP contribution in [-0.2, 0) is 17.8 Å². The lowest BCUT2D eigenvalue weighted by Crippen LogP contribution is -2.51. The SMILES string of the molecule is CC1(C)CCCC(NC(=O)C2Cc3ccccc3CN2)C1. The van der Waals surface area contributed by atoms with Gasteiger partial charge in [0.25, 0.3) is 0 Å². The molecule has 2 N–H and O–H groups in total. The van der Waals surface area contributed by atoms with Crippen molar-refractivity contribution in [2.75, 3.05) is 0 Å². The molecule has 1 aliphatic heterocycles. The third-order valence-corrected chi connectivity index (χ3v) is 4.95. The summed E-state index contributed by atoms with van der Waals surface area (Å²) in [6.45, 7) is 5.41. The van der Waals surface area contributed by atoms with Crippen LogP contribution in [0.2, 0.25) is 0 Å². The molecule has 1 heterocycles. The molecule has 1 aliphatic carbocycles. The Bertz CT molecular complexity index is 524. The third kappa shape index (κ3) is 3.46. The zero-order valence-corrected chi connectivity index (χ0v) is 13.1. The molecule has 3 nitrogen and oxygen atoms in total. The Morgan fingerprint density at radius 3 is 2.81 bits per heavy atom. The van der Waals surface area contributed by atoms with E-state index in [9.17, 15) is 4.79 Å². The van der Waals surface area contributed by atoms with Crippen LogP contribution < -0.4 is 10.6 Å². The van der Waals surface area contributed by atoms with Gasteiger partial charge in [-0.3, -0.25) is 4.79 Å². The van der Waals surface area contributed by atoms with E-state index in [0.717, 1.165) is 25.8 Å². The minimum absolute atomic E-state index is 0.0788. The molecule has 0 aromatic heterocycles. The van der Waals surface area contributed by atoms with Gasteiger partial charge in [0, 0.05) is 12.6 Å². The van der Waals surface area contributed by atoms with Gasteiger partial charge in [-0.25, -0.2) is 0 Å². The van der Waals surface area contributed by atoms with Crippen LogP contribution in [0.4, 0.5) is 0 Å². The average Bonchev–Trinajstić information content (AvgIpc) is 2.45. The molecule has 2 aliphatic rings. The summed E-state index contributed by atoms with van der Waals surface area (Å²) in [5, 5.41) is 6.65. The third-order valence-electron chi connectivity index (χ3n) is 4.95. The standard InChI is InChI=1S/C18H26N2O/c1-18(2)9-5-8-15(11-18)20-17(21)16-10-13-6-3-4-7-14(13)12-19-16/h3-4,6-7,15-16,19H,5,8-12H2,1-2H3,(H,20,21). The van der Waals surface area contributed by atoms with Crippen LogP contribution in [-0.4, -0.2) is 18.0 Å². The van der Waals surface area contributed by atoms with Gasteiger partial charge in [0.15, 0.2) is 0 Å². The lowest BCUT2D eigenvalue weighted by molar-refractivity contribution is -0.124. The smallest absolute Gasteiger partial charge is 0.237 e. The molecular weight excluding hydrogens is 260 g/mol. The Balaban J connectivity index is 1.59. The number of carbonyl (C=O) groups excluding carboxylic acids is 1. The normalized spacial score (nSPS) is 27.7. The summed E-state index contributed by atoms with van der Waals surface area (Å²) in [7, 11) is 0. The summed E-state index contributed by atoms with van der Waals surface area (Å²) in [4.78, 5) is 12.5. The fourth-order valence-corrected chi connectivity index (χ4v) is 3.76. The minimum Gasteiger partial charge on any atom is -0.352 e. The van der Waals surface area contributed by atoms with Gasteiger partial charge >= 0.3 is 0 Å². The fraction of sp³-hybridized carbons (Fsp3) is 0.611. The topological polar surface area (TPSA) is 41.1 Å². The summed E-state index contributed by atoms with van der Waals surface area (Å²) >= 11 is 0. The summed E-state index contributed by atoms with van der Waals surface area (Å²) in [6.07, 6.45) is 5.52. The van der Waals surface area contributed by atoms with Crippen molar-refractivity contribution in [1.29, 1.82) is 0 Å². The minimum atomic E-state index is -0.0788. The number of hydrogen-bond donors (Lipinski definition) is 2. The summed E-state index contributed by atoms with van der Waals surface area (Å²) < 4.78 is 0. The van der Waals surface area contributed by atoms with Crippen molar-refractivity contribution in [1.82, 2.24) is 10.6 Å². The molecule has 1 aromatic rings. The van der Waals surface area contributed by atoms with E-state index >= 15 is 0 Å². The number of amides is 1. The molecule has 2 unspecified atom stereocenters. The maximum Gasteiger partial charge on any atom is 0.237 e. The van der Waals surface area contributed by atoms with Crippen LogP contribution in [0, 0.1) is 5.41 Å². The van der Waals surface area contributed by atoms with Crippen LogP contribution >= 0.6 is 0 Å². The number of nitrogens with one attached hydrogen (secondary N) is 2. The predicted molar refractivity (Wildman–Crippen MR) is 85.0 cm³/mol. The Hall–Kier alpha value is -1.35. The Morgan fingerprint density at radius 1 is 1.29 bits per heavy atom. The van der Waals surface area contributed by atoms with Gasteiger partial charge in [0.2, 0.25) is 5.91 Å². The number of fused-ring (bicyclic) bond motifs is 1. The highest BCUT2D eigenvalue weighted by atomic mass is 16.2. The molecule has 0 saturated heterocycles. The second-order valence-electron chi connectivity index (χ2n) is 7.37. The monoisotopic (exact) mass is 286 g/mol. The van der Waals surface area contributed by atoms with E-state index in [2.05, 4.69) is 48.7 Å². The molecule has 21 heavy (non-hydrogen) atoms. The van der Waals surface area contributed by atoms with Crippen molar-refractivity contribution >= 4 is 5.91 Å². The maximum absolute atomic E-state index is 12.5. The number of rotatable bonds is 2. The maximum atomic E-state index is 12.5. The molecule has 0 radical (unpaired) electrons. The van der Waals surface area contributed by atoms with Gasteiger partial charge in [-0.05, 0) is 42.2 Å². The number of benzene rings is 1. The number of carbonyl (C=O) groups is 1. The highest BCUT2D eigenvalue weighted by Crippen LogP contribution is 2.35. The van der Waals surface area contributed by atoms with Crippen molar-refractivity contribution in [3.63, 3.8) is 0 Å². The van der Waals surface area contributed by atoms with Crippen LogP contribution in [0.25, 0.3) is 0 Å². The first-order valence-corrected chi connectivity index (χ1v) is 8.14. The molecule has 1 amide bonds. The Labute approximate surface area is 127 Å². The van der Waals surface area contributed by atoms with Crippen LogP contribution in [0.3, 0.4) is 0 Å². The van der Waals surface area contributed by atoms with Crippen LogP contribution in [0.1, 0.15) is 50.7 Å². The van der Waals surface area contributed by atoms with Crippen molar-refractivity contribution in [3.05, 3.63) is 35.4 Å². The first-order chi connectivity index (χ1) is 10.0. The predicted octanol–water partition coefficient (Wildman–Crippen LogP) is 2.79. The zero-order valence-electron chi connectivity index (χ0n) is 13.1. The summed E-state index contributed by atoms with van der Waals surface area (Å²) in [5.74, 6) is 0.173. The zero-order chi connectivity index (χ0) is 14.9. The van der Waals surface area contributed by atoms with Crippen LogP contribution in [0.15, 0.2) is 24.3 Å². The fourth-order valence-electron chi connectivity index (χ4n) is 3.76. The highest BCUT2D eigenvalue weighted by Gasteiger charge is 2.31. The van der Waals surface area contributed by atoms with Gasteiger partial charge in [-0.2, -0.15) is 0 Å². The molecule has 114 valence electrons. The summed E-state index contributed by atoms with van der Waals surface area (Å²) in [5.41, 5.74) is 2.99. The van der Waals surface area contributed by atoms with Crippen LogP contribution in [0.5, 0.6) is 0 Å². The molecule has 1 fully saturated rings. The van der Waals surface area contributed by atoms with E-state index in [1.165, 1.54) is 24.0 Å². The average molecular weight is 286 g/mol. The summed E-state index contributed by atoms with van der Waals surface area (Å²) in [6, 6.07) is 8.67. The van der Waals surface area contributed by atoms with Crippen molar-refractivity contribution in [3.8, 4) is 0 Å². The van der Waals surface area contributed by atoms with Gasteiger partial charge in [-0.15, -0.1) is 0 Å². The first kappa shape index (κ1) is 14.6. The van der Waals surface area contributed by atoms with Crippen molar-refractivity contribution in [2.45, 2.75) is 64.6 Å².